The summed E-state index contributed by atoms with van der Waals surface area (Å²) in [6.07, 6.45) is 1.05. The predicted octanol–water partition coefficient (Wildman–Crippen LogP) is 4.42. The van der Waals surface area contributed by atoms with Gasteiger partial charge in [0.15, 0.2) is 0 Å². The molecule has 2 unspecified atom stereocenters. The summed E-state index contributed by atoms with van der Waals surface area (Å²) in [4.78, 5) is 54.2. The summed E-state index contributed by atoms with van der Waals surface area (Å²) in [5, 5.41) is 9.51. The number of benzene rings is 2. The molecule has 0 saturated carbocycles. The van der Waals surface area contributed by atoms with Gasteiger partial charge < -0.3 is 20.1 Å². The van der Waals surface area contributed by atoms with Gasteiger partial charge in [-0.2, -0.15) is 0 Å². The molecule has 0 bridgehead atoms. The lowest BCUT2D eigenvalue weighted by Gasteiger charge is -2.32. The second-order valence-electron chi connectivity index (χ2n) is 11.5. The molecular weight excluding hydrogens is 576 g/mol. The third kappa shape index (κ3) is 11.6. The lowest BCUT2D eigenvalue weighted by Crippen LogP contribution is -2.56. The van der Waals surface area contributed by atoms with Crippen LogP contribution in [0.3, 0.4) is 0 Å². The minimum atomic E-state index is -0.896. The first-order valence-electron chi connectivity index (χ1n) is 14.6. The molecule has 3 aromatic rings. The number of hydrogen-bond donors (Lipinski definition) is 4. The smallest absolute Gasteiger partial charge is 0.415 e. The van der Waals surface area contributed by atoms with Crippen molar-refractivity contribution in [3.8, 4) is 11.3 Å². The van der Waals surface area contributed by atoms with Crippen LogP contribution in [0.5, 0.6) is 0 Å². The van der Waals surface area contributed by atoms with E-state index in [1.807, 2.05) is 93.6 Å². The van der Waals surface area contributed by atoms with Crippen LogP contribution >= 0.6 is 0 Å². The number of carbonyl (C=O) groups excluding carboxylic acids is 4. The van der Waals surface area contributed by atoms with Gasteiger partial charge in [-0.1, -0.05) is 81.4 Å². The van der Waals surface area contributed by atoms with Crippen molar-refractivity contribution >= 4 is 24.1 Å². The van der Waals surface area contributed by atoms with Crippen molar-refractivity contribution in [1.82, 2.24) is 31.4 Å². The highest BCUT2D eigenvalue weighted by Gasteiger charge is 2.34. The Labute approximate surface area is 263 Å². The molecule has 0 aliphatic rings. The summed E-state index contributed by atoms with van der Waals surface area (Å²) in [6, 6.07) is 21.2. The number of urea groups is 1. The molecule has 2 atom stereocenters. The minimum absolute atomic E-state index is 0.303. The molecule has 0 spiro atoms. The number of aromatic nitrogens is 1. The molecule has 1 heterocycles. The molecule has 0 radical (unpaired) electrons. The van der Waals surface area contributed by atoms with Crippen molar-refractivity contribution in [3.05, 3.63) is 90.1 Å². The number of nitrogens with one attached hydrogen (secondary N) is 4. The zero-order valence-electron chi connectivity index (χ0n) is 26.3. The van der Waals surface area contributed by atoms with E-state index in [1.165, 1.54) is 14.2 Å². The van der Waals surface area contributed by atoms with E-state index in [0.29, 0.717) is 25.9 Å². The number of pyridine rings is 1. The number of nitrogens with zero attached hydrogens (tertiary/aromatic N) is 2. The van der Waals surface area contributed by atoms with E-state index in [2.05, 4.69) is 31.1 Å². The zero-order valence-corrected chi connectivity index (χ0v) is 26.3. The first-order valence-corrected chi connectivity index (χ1v) is 14.6. The second kappa shape index (κ2) is 16.8. The average Bonchev–Trinajstić information content (AvgIpc) is 3.02. The van der Waals surface area contributed by atoms with Crippen molar-refractivity contribution in [2.45, 2.75) is 52.2 Å². The molecule has 5 amide bonds. The van der Waals surface area contributed by atoms with Gasteiger partial charge in [0.1, 0.15) is 6.04 Å². The highest BCUT2D eigenvalue weighted by Crippen LogP contribution is 2.21. The average molecular weight is 619 g/mol. The van der Waals surface area contributed by atoms with Gasteiger partial charge in [0.05, 0.1) is 19.9 Å². The van der Waals surface area contributed by atoms with Crippen molar-refractivity contribution in [2.75, 3.05) is 20.8 Å². The number of hydrogen-bond acceptors (Lipinski definition) is 8. The van der Waals surface area contributed by atoms with Crippen LogP contribution in [0.2, 0.25) is 0 Å². The summed E-state index contributed by atoms with van der Waals surface area (Å²) in [7, 11) is 2.41. The minimum Gasteiger partial charge on any atom is -0.453 e. The monoisotopic (exact) mass is 618 g/mol. The van der Waals surface area contributed by atoms with E-state index in [4.69, 9.17) is 4.74 Å². The van der Waals surface area contributed by atoms with Crippen molar-refractivity contribution < 1.29 is 28.7 Å². The maximum Gasteiger partial charge on any atom is 0.415 e. The molecule has 0 aliphatic carbocycles. The van der Waals surface area contributed by atoms with Crippen molar-refractivity contribution in [3.63, 3.8) is 0 Å². The Bertz CT molecular complexity index is 1400. The van der Waals surface area contributed by atoms with Crippen LogP contribution in [0.15, 0.2) is 79.0 Å². The van der Waals surface area contributed by atoms with Crippen LogP contribution in [0.25, 0.3) is 11.3 Å². The lowest BCUT2D eigenvalue weighted by molar-refractivity contribution is -0.126. The molecule has 4 N–H and O–H groups in total. The number of methoxy groups -OCH3 is 2. The van der Waals surface area contributed by atoms with Crippen LogP contribution in [0, 0.1) is 5.41 Å². The standard InChI is InChI=1S/C33H42N6O6/c1-33(2,3)28(36-31(42)44-4)29(40)35-26(21-23-11-7-6-8-12-23)18-20-39(38-30(41)37-32(43)45-5)22-24-14-16-25(17-15-24)27-13-9-10-19-34-27/h6-17,19,26,28H,18,20-22H2,1-5H3,(H,35,40)(H,36,42)(H2,37,38,41,43). The zero-order chi connectivity index (χ0) is 32.8. The van der Waals surface area contributed by atoms with Gasteiger partial charge in [-0.15, -0.1) is 0 Å². The number of imide groups is 1. The van der Waals surface area contributed by atoms with Crippen LogP contribution in [0.1, 0.15) is 38.3 Å². The van der Waals surface area contributed by atoms with E-state index >= 15 is 0 Å². The largest absolute Gasteiger partial charge is 0.453 e. The molecule has 240 valence electrons. The maximum atomic E-state index is 13.5. The Morgan fingerprint density at radius 3 is 2.09 bits per heavy atom. The third-order valence-corrected chi connectivity index (χ3v) is 6.94. The predicted molar refractivity (Wildman–Crippen MR) is 170 cm³/mol. The van der Waals surface area contributed by atoms with Gasteiger partial charge in [-0.05, 0) is 41.5 Å². The van der Waals surface area contributed by atoms with E-state index < -0.39 is 29.7 Å². The Morgan fingerprint density at radius 2 is 1.49 bits per heavy atom. The summed E-state index contributed by atoms with van der Waals surface area (Å²) in [6.45, 7) is 6.16. The molecule has 12 heteroatoms. The third-order valence-electron chi connectivity index (χ3n) is 6.94. The Morgan fingerprint density at radius 1 is 0.822 bits per heavy atom. The van der Waals surface area contributed by atoms with Gasteiger partial charge in [-0.3, -0.25) is 15.2 Å². The number of ether oxygens (including phenoxy) is 2. The number of carbonyl (C=O) groups is 4. The molecule has 0 aliphatic heterocycles. The molecule has 0 fully saturated rings. The number of amides is 5. The van der Waals surface area contributed by atoms with E-state index in [1.54, 1.807) is 11.2 Å². The topological polar surface area (TPSA) is 151 Å². The highest BCUT2D eigenvalue weighted by atomic mass is 16.5. The Balaban J connectivity index is 1.80. The van der Waals surface area contributed by atoms with E-state index in [-0.39, 0.29) is 11.9 Å². The summed E-state index contributed by atoms with van der Waals surface area (Å²) in [5.74, 6) is -0.359. The SMILES string of the molecule is COC(=O)NC(=O)NN(CCC(Cc1ccccc1)NC(=O)C(NC(=O)OC)C(C)(C)C)Cc1ccc(-c2ccccn2)cc1. The molecule has 3 rings (SSSR count). The number of alkyl carbamates (subject to hydrolysis) is 2. The summed E-state index contributed by atoms with van der Waals surface area (Å²) < 4.78 is 9.30. The van der Waals surface area contributed by atoms with Crippen LogP contribution in [-0.4, -0.2) is 67.0 Å². The molecule has 2 aromatic carbocycles. The number of rotatable bonds is 12. The lowest BCUT2D eigenvalue weighted by atomic mass is 9.86. The quantitative estimate of drug-likeness (QED) is 0.218. The van der Waals surface area contributed by atoms with Gasteiger partial charge in [0.2, 0.25) is 5.91 Å². The number of hydrazine groups is 1. The van der Waals surface area contributed by atoms with Crippen LogP contribution in [0.4, 0.5) is 14.4 Å². The van der Waals surface area contributed by atoms with E-state index in [9.17, 15) is 19.2 Å². The maximum absolute atomic E-state index is 13.5. The van der Waals surface area contributed by atoms with Crippen LogP contribution < -0.4 is 21.4 Å². The van der Waals surface area contributed by atoms with Crippen LogP contribution in [-0.2, 0) is 27.2 Å². The van der Waals surface area contributed by atoms with Gasteiger partial charge in [-0.25, -0.2) is 24.7 Å². The van der Waals surface area contributed by atoms with Gasteiger partial charge in [0, 0.05) is 30.9 Å². The fourth-order valence-electron chi connectivity index (χ4n) is 4.60. The molecular formula is C33H42N6O6. The Hall–Kier alpha value is -4.97. The van der Waals surface area contributed by atoms with E-state index in [0.717, 1.165) is 22.4 Å². The molecule has 12 nitrogen and oxygen atoms in total. The van der Waals surface area contributed by atoms with Gasteiger partial charge in [0.25, 0.3) is 0 Å². The van der Waals surface area contributed by atoms with Gasteiger partial charge >= 0.3 is 18.2 Å². The first kappa shape index (κ1) is 34.5. The molecule has 45 heavy (non-hydrogen) atoms. The summed E-state index contributed by atoms with van der Waals surface area (Å²) in [5.41, 5.74) is 5.80. The molecule has 0 saturated heterocycles. The normalized spacial score (nSPS) is 12.4. The van der Waals surface area contributed by atoms with Crippen molar-refractivity contribution in [1.29, 1.82) is 0 Å². The first-order chi connectivity index (χ1) is 21.5. The fraction of sp³-hybridized carbons (Fsp3) is 0.364. The summed E-state index contributed by atoms with van der Waals surface area (Å²) >= 11 is 0. The Kier molecular flexibility index (Phi) is 12.9. The fourth-order valence-corrected chi connectivity index (χ4v) is 4.60. The van der Waals surface area contributed by atoms with Crippen molar-refractivity contribution in [2.24, 2.45) is 5.41 Å². The second-order valence-corrected chi connectivity index (χ2v) is 11.5. The highest BCUT2D eigenvalue weighted by molar-refractivity contribution is 5.90. The molecule has 1 aromatic heterocycles.